The molecule has 2 N–H and O–H groups in total. The molecule has 0 saturated carbocycles. The molecule has 4 heteroatoms. The fourth-order valence-electron chi connectivity index (χ4n) is 2.27. The summed E-state index contributed by atoms with van der Waals surface area (Å²) in [6.07, 6.45) is 5.15. The van der Waals surface area contributed by atoms with Crippen molar-refractivity contribution in [3.63, 3.8) is 0 Å². The Morgan fingerprint density at radius 2 is 2.27 bits per heavy atom. The molecule has 4 nitrogen and oxygen atoms in total. The topological polar surface area (TPSA) is 47.1 Å². The zero-order valence-electron chi connectivity index (χ0n) is 9.72. The Kier molecular flexibility index (Phi) is 2.80. The van der Waals surface area contributed by atoms with Gasteiger partial charge in [0.05, 0.1) is 12.2 Å². The van der Waals surface area contributed by atoms with Crippen molar-refractivity contribution >= 4 is 0 Å². The zero-order valence-corrected chi connectivity index (χ0v) is 9.72. The van der Waals surface area contributed by atoms with Crippen LogP contribution in [-0.4, -0.2) is 34.3 Å². The molecule has 15 heavy (non-hydrogen) atoms. The highest BCUT2D eigenvalue weighted by molar-refractivity contribution is 5.15. The van der Waals surface area contributed by atoms with E-state index in [1.165, 1.54) is 5.56 Å². The van der Waals surface area contributed by atoms with Crippen LogP contribution in [0.1, 0.15) is 37.9 Å². The van der Waals surface area contributed by atoms with Crippen LogP contribution in [0.5, 0.6) is 0 Å². The Balaban J connectivity index is 2.21. The maximum atomic E-state index is 6.11. The number of nitrogens with zero attached hydrogens (tertiary/aromatic N) is 3. The second kappa shape index (κ2) is 3.94. The second-order valence-corrected chi connectivity index (χ2v) is 4.73. The molecular formula is C11H20N4. The fraction of sp³-hybridized carbons (Fsp3) is 0.727. The second-order valence-electron chi connectivity index (χ2n) is 4.73. The first kappa shape index (κ1) is 10.6. The lowest BCUT2D eigenvalue weighted by Gasteiger charge is -2.21. The summed E-state index contributed by atoms with van der Waals surface area (Å²) in [7, 11) is 2.13. The fourth-order valence-corrected chi connectivity index (χ4v) is 2.27. The monoisotopic (exact) mass is 208 g/mol. The van der Waals surface area contributed by atoms with E-state index in [1.54, 1.807) is 0 Å². The van der Waals surface area contributed by atoms with Crippen LogP contribution in [0.4, 0.5) is 0 Å². The summed E-state index contributed by atoms with van der Waals surface area (Å²) in [5.41, 5.74) is 7.35. The third-order valence-corrected chi connectivity index (χ3v) is 3.19. The van der Waals surface area contributed by atoms with Crippen molar-refractivity contribution in [2.45, 2.75) is 38.4 Å². The lowest BCUT2D eigenvalue weighted by Crippen LogP contribution is -2.29. The molecular weight excluding hydrogens is 188 g/mol. The lowest BCUT2D eigenvalue weighted by atomic mass is 10.1. The van der Waals surface area contributed by atoms with Crippen molar-refractivity contribution in [2.24, 2.45) is 5.73 Å². The van der Waals surface area contributed by atoms with E-state index in [0.717, 1.165) is 13.0 Å². The molecule has 0 amide bonds. The molecule has 1 aliphatic rings. The van der Waals surface area contributed by atoms with E-state index < -0.39 is 0 Å². The van der Waals surface area contributed by atoms with Crippen molar-refractivity contribution < 1.29 is 0 Å². The molecule has 1 fully saturated rings. The zero-order chi connectivity index (χ0) is 11.0. The molecule has 0 spiro atoms. The average molecular weight is 208 g/mol. The van der Waals surface area contributed by atoms with Gasteiger partial charge in [-0.25, -0.2) is 0 Å². The summed E-state index contributed by atoms with van der Waals surface area (Å²) < 4.78 is 1.99. The van der Waals surface area contributed by atoms with Crippen molar-refractivity contribution in [1.29, 1.82) is 0 Å². The van der Waals surface area contributed by atoms with Gasteiger partial charge in [-0.15, -0.1) is 0 Å². The largest absolute Gasteiger partial charge is 0.326 e. The van der Waals surface area contributed by atoms with Crippen LogP contribution in [-0.2, 0) is 0 Å². The Labute approximate surface area is 91.1 Å². The Hall–Kier alpha value is -0.870. The Morgan fingerprint density at radius 1 is 1.53 bits per heavy atom. The third-order valence-electron chi connectivity index (χ3n) is 3.19. The molecule has 0 bridgehead atoms. The Morgan fingerprint density at radius 3 is 2.73 bits per heavy atom. The van der Waals surface area contributed by atoms with Crippen LogP contribution in [0.3, 0.4) is 0 Å². The maximum absolute atomic E-state index is 6.11. The molecule has 2 heterocycles. The average Bonchev–Trinajstić information content (AvgIpc) is 2.73. The molecule has 1 aliphatic heterocycles. The van der Waals surface area contributed by atoms with E-state index in [9.17, 15) is 0 Å². The number of likely N-dealkylation sites (N-methyl/N-ethyl adjacent to an activating group) is 1. The van der Waals surface area contributed by atoms with E-state index in [-0.39, 0.29) is 6.04 Å². The quantitative estimate of drug-likeness (QED) is 0.793. The maximum Gasteiger partial charge on any atom is 0.0538 e. The SMILES string of the molecule is CC(C)n1cc(C2C(N)CCN2C)cn1. The summed E-state index contributed by atoms with van der Waals surface area (Å²) in [6, 6.07) is 1.01. The van der Waals surface area contributed by atoms with Gasteiger partial charge in [-0.2, -0.15) is 5.10 Å². The predicted molar refractivity (Wildman–Crippen MR) is 60.6 cm³/mol. The third kappa shape index (κ3) is 1.92. The van der Waals surface area contributed by atoms with Crippen LogP contribution in [0.2, 0.25) is 0 Å². The van der Waals surface area contributed by atoms with Crippen LogP contribution in [0.15, 0.2) is 12.4 Å². The van der Waals surface area contributed by atoms with Gasteiger partial charge < -0.3 is 5.73 Å². The van der Waals surface area contributed by atoms with E-state index in [4.69, 9.17) is 5.73 Å². The van der Waals surface area contributed by atoms with Gasteiger partial charge in [0.1, 0.15) is 0 Å². The van der Waals surface area contributed by atoms with Gasteiger partial charge in [0, 0.05) is 30.4 Å². The van der Waals surface area contributed by atoms with Gasteiger partial charge in [0.2, 0.25) is 0 Å². The molecule has 0 aromatic carbocycles. The highest BCUT2D eigenvalue weighted by Crippen LogP contribution is 2.29. The van der Waals surface area contributed by atoms with Crippen LogP contribution in [0.25, 0.3) is 0 Å². The smallest absolute Gasteiger partial charge is 0.0538 e. The van der Waals surface area contributed by atoms with E-state index in [0.29, 0.717) is 12.1 Å². The lowest BCUT2D eigenvalue weighted by molar-refractivity contribution is 0.304. The first-order chi connectivity index (χ1) is 7.09. The number of hydrogen-bond acceptors (Lipinski definition) is 3. The molecule has 0 radical (unpaired) electrons. The molecule has 1 aromatic heterocycles. The van der Waals surface area contributed by atoms with Crippen molar-refractivity contribution in [3.05, 3.63) is 18.0 Å². The summed E-state index contributed by atoms with van der Waals surface area (Å²) in [4.78, 5) is 2.31. The molecule has 2 unspecified atom stereocenters. The highest BCUT2D eigenvalue weighted by atomic mass is 15.3. The first-order valence-electron chi connectivity index (χ1n) is 5.59. The van der Waals surface area contributed by atoms with Gasteiger partial charge in [-0.05, 0) is 27.3 Å². The number of rotatable bonds is 2. The standard InChI is InChI=1S/C11H20N4/c1-8(2)15-7-9(6-13-15)11-10(12)4-5-14(11)3/h6-8,10-11H,4-5,12H2,1-3H3. The first-order valence-corrected chi connectivity index (χ1v) is 5.59. The number of likely N-dealkylation sites (tertiary alicyclic amines) is 1. The van der Waals surface area contributed by atoms with Gasteiger partial charge in [-0.3, -0.25) is 9.58 Å². The Bertz CT molecular complexity index is 321. The van der Waals surface area contributed by atoms with Gasteiger partial charge in [0.15, 0.2) is 0 Å². The van der Waals surface area contributed by atoms with E-state index in [2.05, 4.69) is 37.1 Å². The van der Waals surface area contributed by atoms with E-state index in [1.807, 2.05) is 10.9 Å². The van der Waals surface area contributed by atoms with Crippen LogP contribution in [0, 0.1) is 0 Å². The van der Waals surface area contributed by atoms with Crippen LogP contribution < -0.4 is 5.73 Å². The van der Waals surface area contributed by atoms with Crippen molar-refractivity contribution in [2.75, 3.05) is 13.6 Å². The molecule has 1 saturated heterocycles. The summed E-state index contributed by atoms with van der Waals surface area (Å²) in [5.74, 6) is 0. The van der Waals surface area contributed by atoms with Crippen molar-refractivity contribution in [1.82, 2.24) is 14.7 Å². The normalized spacial score (nSPS) is 27.8. The summed E-state index contributed by atoms with van der Waals surface area (Å²) >= 11 is 0. The van der Waals surface area contributed by atoms with Gasteiger partial charge in [-0.1, -0.05) is 0 Å². The predicted octanol–water partition coefficient (Wildman–Crippen LogP) is 1.17. The van der Waals surface area contributed by atoms with Gasteiger partial charge in [0.25, 0.3) is 0 Å². The minimum absolute atomic E-state index is 0.250. The molecule has 0 aliphatic carbocycles. The van der Waals surface area contributed by atoms with Crippen LogP contribution >= 0.6 is 0 Å². The number of aromatic nitrogens is 2. The number of nitrogens with two attached hydrogens (primary N) is 1. The number of hydrogen-bond donors (Lipinski definition) is 1. The summed E-state index contributed by atoms with van der Waals surface area (Å²) in [6.45, 7) is 5.35. The minimum atomic E-state index is 0.250. The van der Waals surface area contributed by atoms with Crippen molar-refractivity contribution in [3.8, 4) is 0 Å². The molecule has 1 aromatic rings. The highest BCUT2D eigenvalue weighted by Gasteiger charge is 2.31. The van der Waals surface area contributed by atoms with Gasteiger partial charge >= 0.3 is 0 Å². The summed E-state index contributed by atoms with van der Waals surface area (Å²) in [5, 5.41) is 4.36. The molecule has 2 rings (SSSR count). The minimum Gasteiger partial charge on any atom is -0.326 e. The molecule has 2 atom stereocenters. The molecule has 84 valence electrons. The van der Waals surface area contributed by atoms with E-state index >= 15 is 0 Å².